The Bertz CT molecular complexity index is 380. The summed E-state index contributed by atoms with van der Waals surface area (Å²) >= 11 is 0. The van der Waals surface area contributed by atoms with Gasteiger partial charge in [-0.1, -0.05) is 0 Å². The van der Waals surface area contributed by atoms with Crippen LogP contribution in [0.15, 0.2) is 6.20 Å². The molecule has 2 aliphatic rings. The Morgan fingerprint density at radius 3 is 3.12 bits per heavy atom. The van der Waals surface area contributed by atoms with Crippen molar-refractivity contribution < 1.29 is 4.74 Å². The Morgan fingerprint density at radius 1 is 1.35 bits per heavy atom. The van der Waals surface area contributed by atoms with Gasteiger partial charge in [0, 0.05) is 31.0 Å². The maximum Gasteiger partial charge on any atom is 0.111 e. The quantitative estimate of drug-likeness (QED) is 0.786. The Kier molecular flexibility index (Phi) is 3.19. The average Bonchev–Trinajstić information content (AvgIpc) is 2.75. The van der Waals surface area contributed by atoms with Gasteiger partial charge in [0.25, 0.3) is 0 Å². The fourth-order valence-corrected chi connectivity index (χ4v) is 3.19. The summed E-state index contributed by atoms with van der Waals surface area (Å²) in [6, 6.07) is 0.625. The van der Waals surface area contributed by atoms with E-state index in [9.17, 15) is 0 Å². The van der Waals surface area contributed by atoms with Gasteiger partial charge in [-0.05, 0) is 45.4 Å². The Balaban J connectivity index is 1.76. The van der Waals surface area contributed by atoms with Crippen molar-refractivity contribution >= 4 is 0 Å². The van der Waals surface area contributed by atoms with Gasteiger partial charge in [0.05, 0.1) is 6.10 Å². The highest BCUT2D eigenvalue weighted by atomic mass is 16.5. The molecule has 0 saturated carbocycles. The van der Waals surface area contributed by atoms with E-state index in [1.54, 1.807) is 0 Å². The van der Waals surface area contributed by atoms with Crippen molar-refractivity contribution in [2.75, 3.05) is 6.61 Å². The van der Waals surface area contributed by atoms with Crippen LogP contribution < -0.4 is 0 Å². The molecule has 0 radical (unpaired) electrons. The van der Waals surface area contributed by atoms with Crippen molar-refractivity contribution in [2.24, 2.45) is 0 Å². The highest BCUT2D eigenvalue weighted by Crippen LogP contribution is 2.27. The van der Waals surface area contributed by atoms with E-state index in [1.807, 2.05) is 0 Å². The Labute approximate surface area is 103 Å². The summed E-state index contributed by atoms with van der Waals surface area (Å²) in [6.45, 7) is 3.25. The van der Waals surface area contributed by atoms with Crippen LogP contribution in [-0.4, -0.2) is 22.3 Å². The van der Waals surface area contributed by atoms with Crippen LogP contribution in [0.4, 0.5) is 0 Å². The molecular formula is C14H22N2O. The van der Waals surface area contributed by atoms with Gasteiger partial charge in [-0.15, -0.1) is 0 Å². The summed E-state index contributed by atoms with van der Waals surface area (Å²) in [5, 5.41) is 0. The zero-order valence-electron chi connectivity index (χ0n) is 10.7. The van der Waals surface area contributed by atoms with Gasteiger partial charge < -0.3 is 9.30 Å². The van der Waals surface area contributed by atoms with Gasteiger partial charge in [0.2, 0.25) is 0 Å². The smallest absolute Gasteiger partial charge is 0.111 e. The van der Waals surface area contributed by atoms with Crippen LogP contribution in [0.2, 0.25) is 0 Å². The molecule has 1 aromatic rings. The maximum absolute atomic E-state index is 5.82. The maximum atomic E-state index is 5.82. The standard InChI is InChI=1S/C14H22N2O/c1-11-5-4-6-12-10-15-14(16(11)12)9-13-7-2-3-8-17-13/h10-11,13H,2-9H2,1H3. The predicted octanol–water partition coefficient (Wildman–Crippen LogP) is 2.89. The molecule has 0 spiro atoms. The average molecular weight is 234 g/mol. The first-order chi connectivity index (χ1) is 8.34. The highest BCUT2D eigenvalue weighted by molar-refractivity contribution is 5.10. The van der Waals surface area contributed by atoms with Crippen LogP contribution in [0.25, 0.3) is 0 Å². The zero-order chi connectivity index (χ0) is 11.7. The van der Waals surface area contributed by atoms with Crippen molar-refractivity contribution in [1.82, 2.24) is 9.55 Å². The SMILES string of the molecule is CC1CCCc2cnc(CC3CCCCO3)n21. The van der Waals surface area contributed by atoms with Crippen molar-refractivity contribution in [3.8, 4) is 0 Å². The van der Waals surface area contributed by atoms with E-state index in [2.05, 4.69) is 22.7 Å². The van der Waals surface area contributed by atoms with Crippen LogP contribution in [0.1, 0.15) is 56.6 Å². The van der Waals surface area contributed by atoms with Crippen LogP contribution in [0.3, 0.4) is 0 Å². The third kappa shape index (κ3) is 2.25. The normalized spacial score (nSPS) is 29.0. The summed E-state index contributed by atoms with van der Waals surface area (Å²) in [7, 11) is 0. The molecule has 2 unspecified atom stereocenters. The van der Waals surface area contributed by atoms with E-state index >= 15 is 0 Å². The Morgan fingerprint density at radius 2 is 2.29 bits per heavy atom. The summed E-state index contributed by atoms with van der Waals surface area (Å²) in [4.78, 5) is 4.63. The minimum atomic E-state index is 0.407. The molecule has 2 aliphatic heterocycles. The van der Waals surface area contributed by atoms with Crippen molar-refractivity contribution in [1.29, 1.82) is 0 Å². The number of aromatic nitrogens is 2. The fourth-order valence-electron chi connectivity index (χ4n) is 3.19. The minimum Gasteiger partial charge on any atom is -0.378 e. The molecule has 0 amide bonds. The summed E-state index contributed by atoms with van der Waals surface area (Å²) in [5.74, 6) is 1.25. The first kappa shape index (κ1) is 11.3. The first-order valence-electron chi connectivity index (χ1n) is 7.01. The third-order valence-electron chi connectivity index (χ3n) is 4.13. The second-order valence-electron chi connectivity index (χ2n) is 5.47. The molecule has 1 fully saturated rings. The number of hydrogen-bond donors (Lipinski definition) is 0. The number of nitrogens with zero attached hydrogens (tertiary/aromatic N) is 2. The predicted molar refractivity (Wildman–Crippen MR) is 67.2 cm³/mol. The van der Waals surface area contributed by atoms with E-state index < -0.39 is 0 Å². The van der Waals surface area contributed by atoms with Crippen LogP contribution in [-0.2, 0) is 17.6 Å². The van der Waals surface area contributed by atoms with Crippen molar-refractivity contribution in [3.05, 3.63) is 17.7 Å². The van der Waals surface area contributed by atoms with Gasteiger partial charge in [0.1, 0.15) is 5.82 Å². The molecule has 3 heteroatoms. The second-order valence-corrected chi connectivity index (χ2v) is 5.47. The summed E-state index contributed by atoms with van der Waals surface area (Å²) in [6.07, 6.45) is 11.0. The van der Waals surface area contributed by atoms with Crippen LogP contribution in [0.5, 0.6) is 0 Å². The molecule has 17 heavy (non-hydrogen) atoms. The highest BCUT2D eigenvalue weighted by Gasteiger charge is 2.23. The van der Waals surface area contributed by atoms with Gasteiger partial charge in [-0.3, -0.25) is 0 Å². The molecule has 0 bridgehead atoms. The minimum absolute atomic E-state index is 0.407. The molecule has 0 aliphatic carbocycles. The van der Waals surface area contributed by atoms with E-state index in [-0.39, 0.29) is 0 Å². The van der Waals surface area contributed by atoms with Gasteiger partial charge >= 0.3 is 0 Å². The van der Waals surface area contributed by atoms with E-state index in [0.717, 1.165) is 13.0 Å². The van der Waals surface area contributed by atoms with Crippen molar-refractivity contribution in [3.63, 3.8) is 0 Å². The second kappa shape index (κ2) is 4.81. The third-order valence-corrected chi connectivity index (χ3v) is 4.13. The lowest BCUT2D eigenvalue weighted by atomic mass is 10.0. The number of imidazole rings is 1. The van der Waals surface area contributed by atoms with E-state index in [1.165, 1.54) is 50.0 Å². The van der Waals surface area contributed by atoms with Gasteiger partial charge in [-0.2, -0.15) is 0 Å². The molecule has 94 valence electrons. The molecular weight excluding hydrogens is 212 g/mol. The summed E-state index contributed by atoms with van der Waals surface area (Å²) in [5.41, 5.74) is 1.43. The number of fused-ring (bicyclic) bond motifs is 1. The number of rotatable bonds is 2. The monoisotopic (exact) mass is 234 g/mol. The molecule has 3 rings (SSSR count). The van der Waals surface area contributed by atoms with Crippen LogP contribution in [0, 0.1) is 0 Å². The molecule has 1 saturated heterocycles. The molecule has 0 N–H and O–H groups in total. The largest absolute Gasteiger partial charge is 0.378 e. The fraction of sp³-hybridized carbons (Fsp3) is 0.786. The molecule has 1 aromatic heterocycles. The Hall–Kier alpha value is -0.830. The van der Waals surface area contributed by atoms with Gasteiger partial charge in [0.15, 0.2) is 0 Å². The zero-order valence-corrected chi connectivity index (χ0v) is 10.7. The van der Waals surface area contributed by atoms with Crippen molar-refractivity contribution in [2.45, 2.75) is 64.0 Å². The first-order valence-corrected chi connectivity index (χ1v) is 7.01. The molecule has 0 aromatic carbocycles. The van der Waals surface area contributed by atoms with Crippen LogP contribution >= 0.6 is 0 Å². The topological polar surface area (TPSA) is 27.1 Å². The van der Waals surface area contributed by atoms with E-state index in [4.69, 9.17) is 4.74 Å². The molecule has 3 heterocycles. The lowest BCUT2D eigenvalue weighted by molar-refractivity contribution is 0.0149. The molecule has 3 nitrogen and oxygen atoms in total. The number of ether oxygens (including phenoxy) is 1. The number of aryl methyl sites for hydroxylation is 1. The van der Waals surface area contributed by atoms with Gasteiger partial charge in [-0.25, -0.2) is 4.98 Å². The lowest BCUT2D eigenvalue weighted by Crippen LogP contribution is -2.25. The lowest BCUT2D eigenvalue weighted by Gasteiger charge is -2.27. The summed E-state index contributed by atoms with van der Waals surface area (Å²) < 4.78 is 8.28. The van der Waals surface area contributed by atoms with E-state index in [0.29, 0.717) is 12.1 Å². The molecule has 2 atom stereocenters. The number of hydrogen-bond acceptors (Lipinski definition) is 2.